The SMILES string of the molecule is Cc1c(-c2cnsc2)nn(C)c1N. The van der Waals surface area contributed by atoms with Gasteiger partial charge in [0.1, 0.15) is 5.82 Å². The monoisotopic (exact) mass is 194 g/mol. The van der Waals surface area contributed by atoms with E-state index in [9.17, 15) is 0 Å². The molecule has 13 heavy (non-hydrogen) atoms. The minimum atomic E-state index is 0.709. The van der Waals surface area contributed by atoms with E-state index < -0.39 is 0 Å². The third-order valence-corrected chi connectivity index (χ3v) is 2.63. The largest absolute Gasteiger partial charge is 0.384 e. The zero-order chi connectivity index (χ0) is 9.42. The Kier molecular flexibility index (Phi) is 1.81. The van der Waals surface area contributed by atoms with Crippen molar-refractivity contribution in [2.24, 2.45) is 7.05 Å². The van der Waals surface area contributed by atoms with Gasteiger partial charge >= 0.3 is 0 Å². The minimum Gasteiger partial charge on any atom is -0.384 e. The van der Waals surface area contributed by atoms with Crippen molar-refractivity contribution < 1.29 is 0 Å². The van der Waals surface area contributed by atoms with Crippen LogP contribution in [-0.4, -0.2) is 14.2 Å². The van der Waals surface area contributed by atoms with Gasteiger partial charge in [0.2, 0.25) is 0 Å². The number of aromatic nitrogens is 3. The highest BCUT2D eigenvalue weighted by molar-refractivity contribution is 7.03. The highest BCUT2D eigenvalue weighted by atomic mass is 32.1. The van der Waals surface area contributed by atoms with E-state index in [0.717, 1.165) is 16.8 Å². The van der Waals surface area contributed by atoms with Crippen LogP contribution in [0.4, 0.5) is 5.82 Å². The minimum absolute atomic E-state index is 0.709. The Morgan fingerprint density at radius 1 is 1.54 bits per heavy atom. The normalized spacial score (nSPS) is 10.6. The average Bonchev–Trinajstić information content (AvgIpc) is 2.70. The molecule has 2 aromatic rings. The van der Waals surface area contributed by atoms with Crippen LogP contribution in [0.5, 0.6) is 0 Å². The number of aryl methyl sites for hydroxylation is 1. The fourth-order valence-electron chi connectivity index (χ4n) is 1.24. The van der Waals surface area contributed by atoms with Crippen LogP contribution in [0.1, 0.15) is 5.56 Å². The summed E-state index contributed by atoms with van der Waals surface area (Å²) < 4.78 is 5.71. The van der Waals surface area contributed by atoms with Gasteiger partial charge in [0.25, 0.3) is 0 Å². The fraction of sp³-hybridized carbons (Fsp3) is 0.250. The molecule has 0 radical (unpaired) electrons. The summed E-state index contributed by atoms with van der Waals surface area (Å²) in [5.41, 5.74) is 8.77. The molecular weight excluding hydrogens is 184 g/mol. The number of anilines is 1. The van der Waals surface area contributed by atoms with E-state index in [1.54, 1.807) is 10.9 Å². The summed E-state index contributed by atoms with van der Waals surface area (Å²) in [4.78, 5) is 0. The summed E-state index contributed by atoms with van der Waals surface area (Å²) in [6.45, 7) is 1.97. The van der Waals surface area contributed by atoms with E-state index in [2.05, 4.69) is 9.47 Å². The van der Waals surface area contributed by atoms with Crippen LogP contribution in [0.25, 0.3) is 11.3 Å². The summed E-state index contributed by atoms with van der Waals surface area (Å²) >= 11 is 1.42. The maximum Gasteiger partial charge on any atom is 0.124 e. The number of nitrogens with two attached hydrogens (primary N) is 1. The lowest BCUT2D eigenvalue weighted by molar-refractivity contribution is 0.782. The lowest BCUT2D eigenvalue weighted by Gasteiger charge is -1.91. The van der Waals surface area contributed by atoms with Gasteiger partial charge < -0.3 is 5.73 Å². The van der Waals surface area contributed by atoms with Crippen molar-refractivity contribution in [2.75, 3.05) is 5.73 Å². The van der Waals surface area contributed by atoms with Crippen LogP contribution in [-0.2, 0) is 7.05 Å². The molecule has 0 spiro atoms. The van der Waals surface area contributed by atoms with Crippen LogP contribution in [0.15, 0.2) is 11.6 Å². The molecule has 0 amide bonds. The molecule has 0 aliphatic rings. The molecule has 0 aromatic carbocycles. The van der Waals surface area contributed by atoms with Crippen LogP contribution in [0.2, 0.25) is 0 Å². The molecule has 0 saturated carbocycles. The molecule has 2 N–H and O–H groups in total. The van der Waals surface area contributed by atoms with E-state index in [-0.39, 0.29) is 0 Å². The van der Waals surface area contributed by atoms with Gasteiger partial charge in [-0.05, 0) is 18.5 Å². The molecule has 0 aliphatic heterocycles. The van der Waals surface area contributed by atoms with Gasteiger partial charge in [0.15, 0.2) is 0 Å². The van der Waals surface area contributed by atoms with Gasteiger partial charge in [-0.3, -0.25) is 4.68 Å². The van der Waals surface area contributed by atoms with Gasteiger partial charge in [-0.15, -0.1) is 0 Å². The van der Waals surface area contributed by atoms with Crippen molar-refractivity contribution in [3.05, 3.63) is 17.1 Å². The molecule has 0 bridgehead atoms. The lowest BCUT2D eigenvalue weighted by atomic mass is 10.2. The van der Waals surface area contributed by atoms with Crippen molar-refractivity contribution >= 4 is 17.4 Å². The molecule has 0 unspecified atom stereocenters. The number of rotatable bonds is 1. The molecular formula is C8H10N4S. The van der Waals surface area contributed by atoms with Crippen LogP contribution >= 0.6 is 11.5 Å². The van der Waals surface area contributed by atoms with Crippen molar-refractivity contribution in [2.45, 2.75) is 6.92 Å². The molecule has 0 fully saturated rings. The van der Waals surface area contributed by atoms with Gasteiger partial charge in [-0.1, -0.05) is 0 Å². The average molecular weight is 194 g/mol. The second kappa shape index (κ2) is 2.85. The number of hydrogen-bond acceptors (Lipinski definition) is 4. The van der Waals surface area contributed by atoms with Gasteiger partial charge in [0, 0.05) is 23.6 Å². The summed E-state index contributed by atoms with van der Waals surface area (Å²) in [7, 11) is 1.84. The molecule has 2 aromatic heterocycles. The van der Waals surface area contributed by atoms with Crippen LogP contribution < -0.4 is 5.73 Å². The Hall–Kier alpha value is -1.36. The van der Waals surface area contributed by atoms with Gasteiger partial charge in [0.05, 0.1) is 11.9 Å². The molecule has 0 saturated heterocycles. The first kappa shape index (κ1) is 8.25. The molecule has 0 aliphatic carbocycles. The van der Waals surface area contributed by atoms with Gasteiger partial charge in [-0.2, -0.15) is 5.10 Å². The molecule has 4 nitrogen and oxygen atoms in total. The summed E-state index contributed by atoms with van der Waals surface area (Å²) in [5, 5.41) is 6.28. The molecule has 5 heteroatoms. The zero-order valence-electron chi connectivity index (χ0n) is 7.48. The van der Waals surface area contributed by atoms with Crippen LogP contribution in [0, 0.1) is 6.92 Å². The Labute approximate surface area is 80.2 Å². The first-order chi connectivity index (χ1) is 6.20. The van der Waals surface area contributed by atoms with E-state index in [1.807, 2.05) is 19.4 Å². The summed E-state index contributed by atoms with van der Waals surface area (Å²) in [6.07, 6.45) is 1.80. The second-order valence-electron chi connectivity index (χ2n) is 2.90. The molecule has 0 atom stereocenters. The first-order valence-corrected chi connectivity index (χ1v) is 4.72. The highest BCUT2D eigenvalue weighted by Gasteiger charge is 2.11. The van der Waals surface area contributed by atoms with Gasteiger partial charge in [-0.25, -0.2) is 4.37 Å². The number of nitrogen functional groups attached to an aromatic ring is 1. The van der Waals surface area contributed by atoms with Crippen molar-refractivity contribution in [3.63, 3.8) is 0 Å². The van der Waals surface area contributed by atoms with Crippen molar-refractivity contribution in [3.8, 4) is 11.3 Å². The highest BCUT2D eigenvalue weighted by Crippen LogP contribution is 2.25. The maximum atomic E-state index is 5.79. The third-order valence-electron chi connectivity index (χ3n) is 2.04. The predicted molar refractivity (Wildman–Crippen MR) is 53.5 cm³/mol. The van der Waals surface area contributed by atoms with E-state index >= 15 is 0 Å². The first-order valence-electron chi connectivity index (χ1n) is 3.89. The molecule has 68 valence electrons. The summed E-state index contributed by atoms with van der Waals surface area (Å²) in [6, 6.07) is 0. The Bertz CT molecular complexity index is 416. The zero-order valence-corrected chi connectivity index (χ0v) is 8.30. The number of hydrogen-bond donors (Lipinski definition) is 1. The Balaban J connectivity index is 2.59. The fourth-order valence-corrected chi connectivity index (χ4v) is 1.76. The lowest BCUT2D eigenvalue weighted by Crippen LogP contribution is -1.97. The van der Waals surface area contributed by atoms with Crippen molar-refractivity contribution in [1.29, 1.82) is 0 Å². The predicted octanol–water partition coefficient (Wildman–Crippen LogP) is 1.43. The smallest absolute Gasteiger partial charge is 0.124 e. The summed E-state index contributed by atoms with van der Waals surface area (Å²) in [5.74, 6) is 0.709. The second-order valence-corrected chi connectivity index (χ2v) is 3.55. The van der Waals surface area contributed by atoms with E-state index in [4.69, 9.17) is 5.73 Å². The molecule has 2 heterocycles. The Morgan fingerprint density at radius 3 is 2.77 bits per heavy atom. The van der Waals surface area contributed by atoms with Crippen LogP contribution in [0.3, 0.4) is 0 Å². The topological polar surface area (TPSA) is 56.7 Å². The maximum absolute atomic E-state index is 5.79. The quantitative estimate of drug-likeness (QED) is 0.747. The third kappa shape index (κ3) is 1.21. The molecule has 2 rings (SSSR count). The number of nitrogens with zero attached hydrogens (tertiary/aromatic N) is 3. The van der Waals surface area contributed by atoms with E-state index in [1.165, 1.54) is 11.5 Å². The standard InChI is InChI=1S/C8H10N4S/c1-5-7(6-3-10-13-4-6)11-12(2)8(5)9/h3-4H,9H2,1-2H3. The van der Waals surface area contributed by atoms with Crippen molar-refractivity contribution in [1.82, 2.24) is 14.2 Å². The van der Waals surface area contributed by atoms with E-state index in [0.29, 0.717) is 5.82 Å². The Morgan fingerprint density at radius 2 is 2.31 bits per heavy atom.